The molecule has 2 heterocycles. The molecule has 10 heteroatoms. The number of rotatable bonds is 6. The summed E-state index contributed by atoms with van der Waals surface area (Å²) in [4.78, 5) is 11.8. The predicted molar refractivity (Wildman–Crippen MR) is 114 cm³/mol. The molecule has 0 spiro atoms. The minimum absolute atomic E-state index is 0.0197. The predicted octanol–water partition coefficient (Wildman–Crippen LogP) is 4.08. The van der Waals surface area contributed by atoms with E-state index in [4.69, 9.17) is 4.42 Å². The standard InChI is InChI=1S/C23H21F3N2O4S/c24-17-3-1-15(2-4-17)21-8-6-19(32-21)14-27-23(29)16-9-11-28(12-10-16)33(30,31)22-13-18(25)5-7-20(22)26/h1-8,13,16H,9-12,14H2,(H,27,29). The van der Waals surface area contributed by atoms with Gasteiger partial charge in [0.1, 0.15) is 33.9 Å². The molecule has 0 unspecified atom stereocenters. The Morgan fingerprint density at radius 1 is 0.970 bits per heavy atom. The third-order valence-corrected chi connectivity index (χ3v) is 7.48. The second kappa shape index (κ2) is 9.40. The fourth-order valence-electron chi connectivity index (χ4n) is 3.73. The van der Waals surface area contributed by atoms with Gasteiger partial charge >= 0.3 is 0 Å². The minimum atomic E-state index is -4.20. The van der Waals surface area contributed by atoms with Crippen molar-refractivity contribution in [2.75, 3.05) is 13.1 Å². The van der Waals surface area contributed by atoms with Crippen LogP contribution in [0.3, 0.4) is 0 Å². The summed E-state index contributed by atoms with van der Waals surface area (Å²) in [7, 11) is -4.20. The van der Waals surface area contributed by atoms with E-state index in [-0.39, 0.29) is 44.2 Å². The number of hydrogen-bond donors (Lipinski definition) is 1. The van der Waals surface area contributed by atoms with Crippen molar-refractivity contribution in [2.24, 2.45) is 5.92 Å². The molecular formula is C23H21F3N2O4S. The van der Waals surface area contributed by atoms with Gasteiger partial charge < -0.3 is 9.73 Å². The van der Waals surface area contributed by atoms with Crippen LogP contribution in [0.2, 0.25) is 0 Å². The number of sulfonamides is 1. The summed E-state index contributed by atoms with van der Waals surface area (Å²) in [6.45, 7) is 0.185. The Hall–Kier alpha value is -3.11. The maximum atomic E-state index is 14.0. The van der Waals surface area contributed by atoms with Crippen molar-refractivity contribution in [1.29, 1.82) is 0 Å². The van der Waals surface area contributed by atoms with E-state index in [0.717, 1.165) is 16.4 Å². The van der Waals surface area contributed by atoms with Crippen LogP contribution in [0.15, 0.2) is 63.9 Å². The van der Waals surface area contributed by atoms with Crippen molar-refractivity contribution in [1.82, 2.24) is 9.62 Å². The Bertz CT molecular complexity index is 1250. The number of amides is 1. The highest BCUT2D eigenvalue weighted by Gasteiger charge is 2.33. The normalized spacial score (nSPS) is 15.5. The van der Waals surface area contributed by atoms with E-state index in [1.165, 1.54) is 12.1 Å². The topological polar surface area (TPSA) is 79.6 Å². The van der Waals surface area contributed by atoms with Gasteiger partial charge in [0.2, 0.25) is 15.9 Å². The van der Waals surface area contributed by atoms with Crippen LogP contribution in [-0.4, -0.2) is 31.7 Å². The maximum Gasteiger partial charge on any atom is 0.246 e. The molecule has 0 atom stereocenters. The first-order valence-electron chi connectivity index (χ1n) is 10.3. The monoisotopic (exact) mass is 478 g/mol. The fourth-order valence-corrected chi connectivity index (χ4v) is 5.28. The van der Waals surface area contributed by atoms with Crippen LogP contribution < -0.4 is 5.32 Å². The molecule has 1 N–H and O–H groups in total. The van der Waals surface area contributed by atoms with Gasteiger partial charge in [-0.15, -0.1) is 0 Å². The molecule has 0 aliphatic carbocycles. The number of piperidine rings is 1. The number of nitrogens with zero attached hydrogens (tertiary/aromatic N) is 1. The van der Waals surface area contributed by atoms with Crippen molar-refractivity contribution in [3.8, 4) is 11.3 Å². The molecule has 0 bridgehead atoms. The molecule has 1 aliphatic rings. The van der Waals surface area contributed by atoms with Crippen molar-refractivity contribution >= 4 is 15.9 Å². The van der Waals surface area contributed by atoms with Crippen LogP contribution in [0, 0.1) is 23.4 Å². The number of carbonyl (C=O) groups is 1. The van der Waals surface area contributed by atoms with Crippen molar-refractivity contribution in [3.63, 3.8) is 0 Å². The lowest BCUT2D eigenvalue weighted by molar-refractivity contribution is -0.126. The summed E-state index contributed by atoms with van der Waals surface area (Å²) in [6, 6.07) is 11.6. The molecular weight excluding hydrogens is 457 g/mol. The average molecular weight is 478 g/mol. The molecule has 1 amide bonds. The molecule has 3 aromatic rings. The van der Waals surface area contributed by atoms with E-state index < -0.39 is 32.5 Å². The summed E-state index contributed by atoms with van der Waals surface area (Å²) in [5, 5.41) is 2.77. The number of furan rings is 1. The van der Waals surface area contributed by atoms with Crippen molar-refractivity contribution in [2.45, 2.75) is 24.3 Å². The first-order valence-corrected chi connectivity index (χ1v) is 11.8. The molecule has 1 saturated heterocycles. The maximum absolute atomic E-state index is 14.0. The van der Waals surface area contributed by atoms with Crippen LogP contribution in [0.1, 0.15) is 18.6 Å². The quantitative estimate of drug-likeness (QED) is 0.579. The lowest BCUT2D eigenvalue weighted by Crippen LogP contribution is -2.43. The smallest absolute Gasteiger partial charge is 0.246 e. The van der Waals surface area contributed by atoms with Gasteiger partial charge in [-0.25, -0.2) is 21.6 Å². The second-order valence-electron chi connectivity index (χ2n) is 7.74. The van der Waals surface area contributed by atoms with E-state index >= 15 is 0 Å². The molecule has 4 rings (SSSR count). The van der Waals surface area contributed by atoms with Gasteiger partial charge in [0.15, 0.2) is 0 Å². The summed E-state index contributed by atoms with van der Waals surface area (Å²) in [6.07, 6.45) is 0.502. The van der Waals surface area contributed by atoms with Gasteiger partial charge in [-0.05, 0) is 67.4 Å². The largest absolute Gasteiger partial charge is 0.459 e. The van der Waals surface area contributed by atoms with Gasteiger partial charge in [0.25, 0.3) is 0 Å². The second-order valence-corrected chi connectivity index (χ2v) is 9.65. The lowest BCUT2D eigenvalue weighted by atomic mass is 9.97. The van der Waals surface area contributed by atoms with Gasteiger partial charge in [-0.1, -0.05) is 0 Å². The number of hydrogen-bond acceptors (Lipinski definition) is 4. The van der Waals surface area contributed by atoms with Gasteiger partial charge in [0, 0.05) is 24.6 Å². The van der Waals surface area contributed by atoms with Gasteiger partial charge in [-0.2, -0.15) is 4.31 Å². The highest BCUT2D eigenvalue weighted by atomic mass is 32.2. The third kappa shape index (κ3) is 5.12. The average Bonchev–Trinajstić information content (AvgIpc) is 3.28. The SMILES string of the molecule is O=C(NCc1ccc(-c2ccc(F)cc2)o1)C1CCN(S(=O)(=O)c2cc(F)ccc2F)CC1. The van der Waals surface area contributed by atoms with Gasteiger partial charge in [0.05, 0.1) is 6.54 Å². The summed E-state index contributed by atoms with van der Waals surface area (Å²) >= 11 is 0. The van der Waals surface area contributed by atoms with E-state index in [0.29, 0.717) is 23.2 Å². The zero-order valence-corrected chi connectivity index (χ0v) is 18.2. The molecule has 2 aromatic carbocycles. The molecule has 6 nitrogen and oxygen atoms in total. The Balaban J connectivity index is 1.32. The molecule has 174 valence electrons. The first kappa shape index (κ1) is 23.1. The fraction of sp³-hybridized carbons (Fsp3) is 0.261. The highest BCUT2D eigenvalue weighted by molar-refractivity contribution is 7.89. The van der Waals surface area contributed by atoms with Crippen molar-refractivity contribution in [3.05, 3.63) is 77.8 Å². The van der Waals surface area contributed by atoms with E-state index in [9.17, 15) is 26.4 Å². The third-order valence-electron chi connectivity index (χ3n) is 5.56. The van der Waals surface area contributed by atoms with Crippen LogP contribution >= 0.6 is 0 Å². The number of halogens is 3. The lowest BCUT2D eigenvalue weighted by Gasteiger charge is -2.30. The molecule has 1 fully saturated rings. The van der Waals surface area contributed by atoms with E-state index in [2.05, 4.69) is 5.32 Å². The van der Waals surface area contributed by atoms with E-state index in [1.54, 1.807) is 24.3 Å². The van der Waals surface area contributed by atoms with Crippen LogP contribution in [0.25, 0.3) is 11.3 Å². The molecule has 1 aliphatic heterocycles. The van der Waals surface area contributed by atoms with Crippen LogP contribution in [0.5, 0.6) is 0 Å². The Morgan fingerprint density at radius 2 is 1.64 bits per heavy atom. The first-order chi connectivity index (χ1) is 15.7. The van der Waals surface area contributed by atoms with Gasteiger partial charge in [-0.3, -0.25) is 4.79 Å². The van der Waals surface area contributed by atoms with E-state index in [1.807, 2.05) is 0 Å². The summed E-state index contributed by atoms with van der Waals surface area (Å²) < 4.78 is 72.5. The highest BCUT2D eigenvalue weighted by Crippen LogP contribution is 2.26. The Morgan fingerprint density at radius 3 is 2.33 bits per heavy atom. The Labute approximate surface area is 189 Å². The number of benzene rings is 2. The minimum Gasteiger partial charge on any atom is -0.459 e. The van der Waals surface area contributed by atoms with Crippen LogP contribution in [-0.2, 0) is 21.4 Å². The molecule has 1 aromatic heterocycles. The summed E-state index contributed by atoms with van der Waals surface area (Å²) in [5.74, 6) is -1.81. The zero-order chi connectivity index (χ0) is 23.6. The van der Waals surface area contributed by atoms with Crippen LogP contribution in [0.4, 0.5) is 13.2 Å². The Kier molecular flexibility index (Phi) is 6.57. The number of carbonyl (C=O) groups excluding carboxylic acids is 1. The van der Waals surface area contributed by atoms with Crippen molar-refractivity contribution < 1.29 is 30.8 Å². The zero-order valence-electron chi connectivity index (χ0n) is 17.4. The summed E-state index contributed by atoms with van der Waals surface area (Å²) in [5.41, 5.74) is 0.706. The molecule has 33 heavy (non-hydrogen) atoms. The molecule has 0 radical (unpaired) electrons. The number of nitrogens with one attached hydrogen (secondary N) is 1. The molecule has 0 saturated carbocycles.